The molecule has 2 amide bonds. The van der Waals surface area contributed by atoms with E-state index in [1.54, 1.807) is 16.0 Å². The van der Waals surface area contributed by atoms with Gasteiger partial charge in [0.15, 0.2) is 5.65 Å². The molecule has 4 aromatic rings. The van der Waals surface area contributed by atoms with Gasteiger partial charge in [-0.15, -0.1) is 0 Å². The van der Waals surface area contributed by atoms with E-state index < -0.39 is 5.60 Å². The summed E-state index contributed by atoms with van der Waals surface area (Å²) < 4.78 is 7.43. The minimum Gasteiger partial charge on any atom is -0.444 e. The third-order valence-electron chi connectivity index (χ3n) is 6.18. The maximum Gasteiger partial charge on any atom is 0.410 e. The minimum atomic E-state index is -0.541. The highest BCUT2D eigenvalue weighted by atomic mass is 35.5. The molecule has 1 saturated heterocycles. The van der Waals surface area contributed by atoms with Crippen molar-refractivity contribution in [3.05, 3.63) is 77.7 Å². The van der Waals surface area contributed by atoms with E-state index in [0.717, 1.165) is 28.2 Å². The van der Waals surface area contributed by atoms with Gasteiger partial charge in [-0.25, -0.2) is 9.78 Å². The summed E-state index contributed by atoms with van der Waals surface area (Å²) in [4.78, 5) is 37.8. The highest BCUT2D eigenvalue weighted by Gasteiger charge is 2.28. The topological polar surface area (TPSA) is 80.0 Å². The number of nitrogens with zero attached hydrogens (tertiary/aromatic N) is 5. The van der Waals surface area contributed by atoms with Gasteiger partial charge >= 0.3 is 6.09 Å². The number of aromatic nitrogens is 3. The van der Waals surface area contributed by atoms with Gasteiger partial charge in [-0.3, -0.25) is 14.2 Å². The molecule has 8 nitrogen and oxygen atoms in total. The smallest absolute Gasteiger partial charge is 0.410 e. The molecule has 0 unspecified atom stereocenters. The molecule has 0 bridgehead atoms. The van der Waals surface area contributed by atoms with Crippen LogP contribution in [0.15, 0.2) is 67.1 Å². The number of fused-ring (bicyclic) bond motifs is 1. The molecular formula is C28H28ClN5O3. The molecule has 190 valence electrons. The quantitative estimate of drug-likeness (QED) is 0.363. The lowest BCUT2D eigenvalue weighted by molar-refractivity contribution is 0.0141. The molecule has 0 N–H and O–H groups in total. The maximum absolute atomic E-state index is 13.1. The summed E-state index contributed by atoms with van der Waals surface area (Å²) in [5.41, 5.74) is 4.40. The minimum absolute atomic E-state index is 0.0570. The Morgan fingerprint density at radius 1 is 0.838 bits per heavy atom. The van der Waals surface area contributed by atoms with Crippen molar-refractivity contribution in [2.45, 2.75) is 26.4 Å². The van der Waals surface area contributed by atoms with Crippen LogP contribution in [0.25, 0.3) is 28.2 Å². The zero-order valence-corrected chi connectivity index (χ0v) is 21.8. The van der Waals surface area contributed by atoms with Crippen LogP contribution in [0.1, 0.15) is 31.1 Å². The predicted molar refractivity (Wildman–Crippen MR) is 143 cm³/mol. The largest absolute Gasteiger partial charge is 0.444 e. The normalized spacial score (nSPS) is 14.2. The van der Waals surface area contributed by atoms with Crippen LogP contribution >= 0.6 is 11.6 Å². The Labute approximate surface area is 220 Å². The van der Waals surface area contributed by atoms with E-state index in [1.165, 1.54) is 0 Å². The summed E-state index contributed by atoms with van der Waals surface area (Å²) in [6, 6.07) is 15.1. The highest BCUT2D eigenvalue weighted by Crippen LogP contribution is 2.25. The van der Waals surface area contributed by atoms with Gasteiger partial charge in [-0.1, -0.05) is 35.9 Å². The van der Waals surface area contributed by atoms with E-state index in [2.05, 4.69) is 9.97 Å². The predicted octanol–water partition coefficient (Wildman–Crippen LogP) is 5.41. The Morgan fingerprint density at radius 2 is 1.46 bits per heavy atom. The zero-order chi connectivity index (χ0) is 26.2. The number of ether oxygens (including phenoxy) is 1. The fourth-order valence-electron chi connectivity index (χ4n) is 4.26. The number of benzene rings is 2. The first-order chi connectivity index (χ1) is 17.7. The number of hydrogen-bond acceptors (Lipinski definition) is 5. The molecule has 0 atom stereocenters. The fraction of sp³-hybridized carbons (Fsp3) is 0.286. The van der Waals surface area contributed by atoms with Gasteiger partial charge in [0.25, 0.3) is 5.91 Å². The van der Waals surface area contributed by atoms with Gasteiger partial charge in [0.05, 0.1) is 23.8 Å². The third kappa shape index (κ3) is 5.44. The summed E-state index contributed by atoms with van der Waals surface area (Å²) in [6.45, 7) is 7.35. The number of imidazole rings is 1. The summed E-state index contributed by atoms with van der Waals surface area (Å²) in [5, 5.41) is 0.680. The molecule has 0 radical (unpaired) electrons. The lowest BCUT2D eigenvalue weighted by Crippen LogP contribution is -2.51. The molecule has 0 spiro atoms. The molecular weight excluding hydrogens is 490 g/mol. The molecule has 0 aliphatic carbocycles. The van der Waals surface area contributed by atoms with Gasteiger partial charge in [0.1, 0.15) is 5.60 Å². The molecule has 1 aliphatic heterocycles. The monoisotopic (exact) mass is 517 g/mol. The lowest BCUT2D eigenvalue weighted by Gasteiger charge is -2.35. The van der Waals surface area contributed by atoms with E-state index in [4.69, 9.17) is 16.3 Å². The van der Waals surface area contributed by atoms with Crippen molar-refractivity contribution in [3.8, 4) is 22.5 Å². The highest BCUT2D eigenvalue weighted by molar-refractivity contribution is 6.30. The first kappa shape index (κ1) is 24.8. The average molecular weight is 518 g/mol. The lowest BCUT2D eigenvalue weighted by atomic mass is 10.1. The Morgan fingerprint density at radius 3 is 2.11 bits per heavy atom. The number of amides is 2. The van der Waals surface area contributed by atoms with Crippen LogP contribution in [0.2, 0.25) is 5.02 Å². The van der Waals surface area contributed by atoms with Gasteiger partial charge in [-0.05, 0) is 45.0 Å². The molecule has 5 rings (SSSR count). The summed E-state index contributed by atoms with van der Waals surface area (Å²) >= 11 is 6.04. The zero-order valence-electron chi connectivity index (χ0n) is 21.0. The molecule has 37 heavy (non-hydrogen) atoms. The van der Waals surface area contributed by atoms with Crippen molar-refractivity contribution in [2.75, 3.05) is 26.2 Å². The van der Waals surface area contributed by atoms with E-state index in [9.17, 15) is 9.59 Å². The Balaban J connectivity index is 1.28. The molecule has 0 saturated carbocycles. The summed E-state index contributed by atoms with van der Waals surface area (Å²) in [6.07, 6.45) is 5.15. The van der Waals surface area contributed by atoms with E-state index >= 15 is 0 Å². The number of carbonyl (C=O) groups is 2. The Kier molecular flexibility index (Phi) is 6.60. The fourth-order valence-corrected chi connectivity index (χ4v) is 4.38. The van der Waals surface area contributed by atoms with Crippen LogP contribution in [0.4, 0.5) is 4.79 Å². The summed E-state index contributed by atoms with van der Waals surface area (Å²) in [7, 11) is 0. The van der Waals surface area contributed by atoms with Gasteiger partial charge < -0.3 is 14.5 Å². The van der Waals surface area contributed by atoms with Crippen LogP contribution in [-0.2, 0) is 4.74 Å². The van der Waals surface area contributed by atoms with Crippen LogP contribution in [0.3, 0.4) is 0 Å². The maximum atomic E-state index is 13.1. The van der Waals surface area contributed by atoms with Crippen molar-refractivity contribution in [3.63, 3.8) is 0 Å². The number of rotatable bonds is 3. The molecule has 2 aromatic heterocycles. The Bertz CT molecular complexity index is 1430. The van der Waals surface area contributed by atoms with Crippen LogP contribution < -0.4 is 0 Å². The van der Waals surface area contributed by atoms with E-state index in [1.807, 2.05) is 86.1 Å². The standard InChI is InChI=1S/C28H28ClN5O3/c1-28(2,3)37-27(36)33-14-12-32(13-15-33)26(35)21-6-4-19(5-7-21)23-18-34-24(16-31-25(34)17-30-23)20-8-10-22(29)11-9-20/h4-11,16-18H,12-15H2,1-3H3. The van der Waals surface area contributed by atoms with Crippen molar-refractivity contribution in [2.24, 2.45) is 0 Å². The van der Waals surface area contributed by atoms with Crippen LogP contribution in [0.5, 0.6) is 0 Å². The van der Waals surface area contributed by atoms with Crippen molar-refractivity contribution in [1.29, 1.82) is 0 Å². The molecule has 1 aliphatic rings. The van der Waals surface area contributed by atoms with Crippen molar-refractivity contribution in [1.82, 2.24) is 24.2 Å². The summed E-state index contributed by atoms with van der Waals surface area (Å²) in [5.74, 6) is -0.0570. The second-order valence-electron chi connectivity index (χ2n) is 9.99. The van der Waals surface area contributed by atoms with E-state index in [-0.39, 0.29) is 12.0 Å². The Hall–Kier alpha value is -3.91. The SMILES string of the molecule is CC(C)(C)OC(=O)N1CCN(C(=O)c2ccc(-c3cn4c(-c5ccc(Cl)cc5)cnc4cn3)cc2)CC1. The number of halogens is 1. The van der Waals surface area contributed by atoms with Gasteiger partial charge in [0.2, 0.25) is 0 Å². The van der Waals surface area contributed by atoms with Crippen LogP contribution in [-0.4, -0.2) is 67.9 Å². The molecule has 3 heterocycles. The molecule has 9 heteroatoms. The first-order valence-electron chi connectivity index (χ1n) is 12.1. The van der Waals surface area contributed by atoms with Crippen molar-refractivity contribution < 1.29 is 14.3 Å². The van der Waals surface area contributed by atoms with Crippen LogP contribution in [0, 0.1) is 0 Å². The van der Waals surface area contributed by atoms with E-state index in [0.29, 0.717) is 36.8 Å². The van der Waals surface area contributed by atoms with Crippen molar-refractivity contribution >= 4 is 29.2 Å². The number of hydrogen-bond donors (Lipinski definition) is 0. The molecule has 2 aromatic carbocycles. The first-order valence-corrected chi connectivity index (χ1v) is 12.5. The second kappa shape index (κ2) is 9.86. The van der Waals surface area contributed by atoms with Gasteiger partial charge in [-0.2, -0.15) is 0 Å². The number of piperazine rings is 1. The average Bonchev–Trinajstić information content (AvgIpc) is 3.31. The third-order valence-corrected chi connectivity index (χ3v) is 6.43. The van der Waals surface area contributed by atoms with Gasteiger partial charge in [0, 0.05) is 54.1 Å². The molecule has 1 fully saturated rings. The number of carbonyl (C=O) groups excluding carboxylic acids is 2. The second-order valence-corrected chi connectivity index (χ2v) is 10.4.